The second-order valence-corrected chi connectivity index (χ2v) is 9.30. The molecular weight excluding hydrogens is 404 g/mol. The van der Waals surface area contributed by atoms with Crippen LogP contribution in [0.2, 0.25) is 5.02 Å². The topological polar surface area (TPSA) is 35.5 Å². The van der Waals surface area contributed by atoms with E-state index < -0.39 is 0 Å². The van der Waals surface area contributed by atoms with E-state index in [1.807, 2.05) is 12.1 Å². The van der Waals surface area contributed by atoms with E-state index in [9.17, 15) is 5.11 Å². The number of phenolic OH excluding ortho intramolecular Hbond substituents is 1. The quantitative estimate of drug-likeness (QED) is 0.589. The van der Waals surface area contributed by atoms with Crippen LogP contribution in [0.25, 0.3) is 0 Å². The first-order chi connectivity index (χ1) is 15.1. The lowest BCUT2D eigenvalue weighted by atomic mass is 9.73. The standard InChI is InChI=1S/C27H29ClN2O/c1-30-13-12-19-14-24(28)26(31)15-23(19)27-22-9-5-8-20(21(22)10-11-25(27)30)17-29-16-18-6-3-2-4-7-18/h2-9,14-15,25,27,29,31H,10-13,16-17H2,1H3/t25-,27+/m0/s1. The predicted molar refractivity (Wildman–Crippen MR) is 127 cm³/mol. The Labute approximate surface area is 189 Å². The number of hydrogen-bond acceptors (Lipinski definition) is 3. The molecule has 0 aromatic heterocycles. The van der Waals surface area contributed by atoms with Gasteiger partial charge in [-0.25, -0.2) is 0 Å². The van der Waals surface area contributed by atoms with Crippen LogP contribution < -0.4 is 5.32 Å². The summed E-state index contributed by atoms with van der Waals surface area (Å²) in [7, 11) is 2.24. The van der Waals surface area contributed by atoms with Gasteiger partial charge in [0.1, 0.15) is 5.75 Å². The molecule has 0 saturated heterocycles. The molecule has 2 atom stereocenters. The van der Waals surface area contributed by atoms with Gasteiger partial charge in [-0.2, -0.15) is 0 Å². The highest BCUT2D eigenvalue weighted by Crippen LogP contribution is 2.45. The number of halogens is 1. The molecule has 3 nitrogen and oxygen atoms in total. The van der Waals surface area contributed by atoms with Crippen molar-refractivity contribution in [3.63, 3.8) is 0 Å². The molecule has 0 saturated carbocycles. The maximum absolute atomic E-state index is 10.4. The van der Waals surface area contributed by atoms with E-state index in [0.29, 0.717) is 11.1 Å². The highest BCUT2D eigenvalue weighted by molar-refractivity contribution is 6.32. The van der Waals surface area contributed by atoms with Crippen LogP contribution in [0.3, 0.4) is 0 Å². The molecule has 31 heavy (non-hydrogen) atoms. The molecule has 1 aliphatic carbocycles. The van der Waals surface area contributed by atoms with Crippen molar-refractivity contribution in [1.29, 1.82) is 0 Å². The van der Waals surface area contributed by atoms with Crippen LogP contribution in [0, 0.1) is 0 Å². The first kappa shape index (κ1) is 20.6. The van der Waals surface area contributed by atoms with Gasteiger partial charge in [-0.1, -0.05) is 60.1 Å². The van der Waals surface area contributed by atoms with E-state index in [1.165, 1.54) is 33.4 Å². The van der Waals surface area contributed by atoms with Gasteiger partial charge in [-0.05, 0) is 71.8 Å². The number of nitrogens with zero attached hydrogens (tertiary/aromatic N) is 1. The molecule has 160 valence electrons. The SMILES string of the molecule is CN1CCc2cc(Cl)c(O)cc2[C@H]2c3cccc(CNCc4ccccc4)c3CC[C@@H]21. The van der Waals surface area contributed by atoms with Gasteiger partial charge in [-0.3, -0.25) is 0 Å². The minimum Gasteiger partial charge on any atom is -0.506 e. The lowest BCUT2D eigenvalue weighted by molar-refractivity contribution is 0.213. The highest BCUT2D eigenvalue weighted by Gasteiger charge is 2.37. The van der Waals surface area contributed by atoms with Crippen molar-refractivity contribution in [1.82, 2.24) is 10.2 Å². The van der Waals surface area contributed by atoms with E-state index in [0.717, 1.165) is 38.9 Å². The average molecular weight is 433 g/mol. The Bertz CT molecular complexity index is 1080. The number of aromatic hydroxyl groups is 1. The van der Waals surface area contributed by atoms with Crippen LogP contribution >= 0.6 is 11.6 Å². The van der Waals surface area contributed by atoms with E-state index in [1.54, 1.807) is 0 Å². The summed E-state index contributed by atoms with van der Waals surface area (Å²) in [6, 6.07) is 21.6. The molecule has 5 rings (SSSR count). The molecule has 0 fully saturated rings. The summed E-state index contributed by atoms with van der Waals surface area (Å²) in [5.41, 5.74) is 8.08. The van der Waals surface area contributed by atoms with Crippen molar-refractivity contribution in [2.24, 2.45) is 0 Å². The first-order valence-electron chi connectivity index (χ1n) is 11.2. The summed E-state index contributed by atoms with van der Waals surface area (Å²) in [6.45, 7) is 2.75. The number of benzene rings is 3. The fourth-order valence-electron chi connectivity index (χ4n) is 5.46. The summed E-state index contributed by atoms with van der Waals surface area (Å²) < 4.78 is 0. The number of nitrogens with one attached hydrogen (secondary N) is 1. The fraction of sp³-hybridized carbons (Fsp3) is 0.333. The van der Waals surface area contributed by atoms with E-state index in [4.69, 9.17) is 11.6 Å². The molecule has 0 radical (unpaired) electrons. The summed E-state index contributed by atoms with van der Waals surface area (Å²) >= 11 is 6.27. The largest absolute Gasteiger partial charge is 0.506 e. The Morgan fingerprint density at radius 3 is 2.68 bits per heavy atom. The van der Waals surface area contributed by atoms with Crippen LogP contribution in [-0.4, -0.2) is 29.6 Å². The zero-order valence-corrected chi connectivity index (χ0v) is 18.7. The van der Waals surface area contributed by atoms with Crippen molar-refractivity contribution in [3.05, 3.63) is 99.1 Å². The van der Waals surface area contributed by atoms with Gasteiger partial charge >= 0.3 is 0 Å². The lowest BCUT2D eigenvalue weighted by Gasteiger charge is -2.39. The van der Waals surface area contributed by atoms with Gasteiger partial charge in [-0.15, -0.1) is 0 Å². The fourth-order valence-corrected chi connectivity index (χ4v) is 5.64. The molecule has 2 N–H and O–H groups in total. The maximum atomic E-state index is 10.4. The summed E-state index contributed by atoms with van der Waals surface area (Å²) in [5, 5.41) is 14.5. The third kappa shape index (κ3) is 3.98. The van der Waals surface area contributed by atoms with Crippen LogP contribution in [0.15, 0.2) is 60.7 Å². The van der Waals surface area contributed by atoms with Gasteiger partial charge in [0.15, 0.2) is 0 Å². The van der Waals surface area contributed by atoms with Crippen molar-refractivity contribution in [2.45, 2.75) is 44.3 Å². The smallest absolute Gasteiger partial charge is 0.134 e. The van der Waals surface area contributed by atoms with Crippen molar-refractivity contribution in [3.8, 4) is 5.75 Å². The Kier molecular flexibility index (Phi) is 5.75. The zero-order chi connectivity index (χ0) is 21.4. The van der Waals surface area contributed by atoms with E-state index >= 15 is 0 Å². The van der Waals surface area contributed by atoms with Crippen molar-refractivity contribution in [2.75, 3.05) is 13.6 Å². The Morgan fingerprint density at radius 2 is 1.84 bits per heavy atom. The number of phenols is 1. The molecule has 4 heteroatoms. The number of hydrogen-bond donors (Lipinski definition) is 2. The first-order valence-corrected chi connectivity index (χ1v) is 11.6. The number of rotatable bonds is 4. The lowest BCUT2D eigenvalue weighted by Crippen LogP contribution is -2.40. The van der Waals surface area contributed by atoms with Gasteiger partial charge in [0.25, 0.3) is 0 Å². The van der Waals surface area contributed by atoms with E-state index in [2.05, 4.69) is 65.8 Å². The Balaban J connectivity index is 1.49. The average Bonchev–Trinajstić information content (AvgIpc) is 2.92. The van der Waals surface area contributed by atoms with Gasteiger partial charge in [0, 0.05) is 31.6 Å². The molecule has 2 aliphatic rings. The molecule has 0 bridgehead atoms. The van der Waals surface area contributed by atoms with Crippen molar-refractivity contribution < 1.29 is 5.11 Å². The van der Waals surface area contributed by atoms with Gasteiger partial charge in [0.2, 0.25) is 0 Å². The highest BCUT2D eigenvalue weighted by atomic mass is 35.5. The molecule has 0 unspecified atom stereocenters. The van der Waals surface area contributed by atoms with E-state index in [-0.39, 0.29) is 11.7 Å². The number of fused-ring (bicyclic) bond motifs is 5. The molecule has 0 amide bonds. The molecule has 1 heterocycles. The minimum atomic E-state index is 0.191. The van der Waals surface area contributed by atoms with Crippen LogP contribution in [-0.2, 0) is 25.9 Å². The predicted octanol–water partition coefficient (Wildman–Crippen LogP) is 5.27. The van der Waals surface area contributed by atoms with Crippen molar-refractivity contribution >= 4 is 11.6 Å². The molecular formula is C27H29ClN2O. The Morgan fingerprint density at radius 1 is 1.00 bits per heavy atom. The number of likely N-dealkylation sites (N-methyl/N-ethyl adjacent to an activating group) is 1. The Hall–Kier alpha value is -2.33. The van der Waals surface area contributed by atoms with Gasteiger partial charge < -0.3 is 15.3 Å². The van der Waals surface area contributed by atoms with Crippen LogP contribution in [0.5, 0.6) is 5.75 Å². The van der Waals surface area contributed by atoms with Crippen LogP contribution in [0.4, 0.5) is 0 Å². The summed E-state index contributed by atoms with van der Waals surface area (Å²) in [5.74, 6) is 0.458. The molecule has 1 aliphatic heterocycles. The third-order valence-corrected chi connectivity index (χ3v) is 7.35. The zero-order valence-electron chi connectivity index (χ0n) is 17.9. The third-order valence-electron chi connectivity index (χ3n) is 7.05. The molecule has 3 aromatic carbocycles. The normalized spacial score (nSPS) is 20.5. The summed E-state index contributed by atoms with van der Waals surface area (Å²) in [4.78, 5) is 2.50. The van der Waals surface area contributed by atoms with Gasteiger partial charge in [0.05, 0.1) is 5.02 Å². The van der Waals surface area contributed by atoms with Crippen LogP contribution in [0.1, 0.15) is 45.7 Å². The molecule has 0 spiro atoms. The second-order valence-electron chi connectivity index (χ2n) is 8.89. The summed E-state index contributed by atoms with van der Waals surface area (Å²) in [6.07, 6.45) is 3.19. The second kappa shape index (κ2) is 8.66. The monoisotopic (exact) mass is 432 g/mol. The maximum Gasteiger partial charge on any atom is 0.134 e. The molecule has 3 aromatic rings. The minimum absolute atomic E-state index is 0.191.